The Bertz CT molecular complexity index is 1480. The number of nitro groups is 1. The van der Waals surface area contributed by atoms with E-state index in [2.05, 4.69) is 11.1 Å². The molecule has 0 atom stereocenters. The summed E-state index contributed by atoms with van der Waals surface area (Å²) in [4.78, 5) is 44.6. The van der Waals surface area contributed by atoms with Crippen LogP contribution in [0.2, 0.25) is 0 Å². The number of non-ortho nitro benzene ring substituents is 1. The summed E-state index contributed by atoms with van der Waals surface area (Å²) >= 11 is 0. The van der Waals surface area contributed by atoms with Gasteiger partial charge in [-0.2, -0.15) is 0 Å². The third kappa shape index (κ3) is 7.72. The maximum atomic E-state index is 13.8. The Hall–Kier alpha value is -4.66. The van der Waals surface area contributed by atoms with E-state index in [1.165, 1.54) is 23.1 Å². The number of aromatic amines is 1. The van der Waals surface area contributed by atoms with Gasteiger partial charge in [0.05, 0.1) is 11.5 Å². The summed E-state index contributed by atoms with van der Waals surface area (Å²) in [6, 6.07) is 21.4. The minimum absolute atomic E-state index is 0.119. The largest absolute Gasteiger partial charge is 0.494 e. The van der Waals surface area contributed by atoms with E-state index in [1.807, 2.05) is 62.5 Å². The molecule has 0 spiro atoms. The number of fused-ring (bicyclic) bond motifs is 1. The van der Waals surface area contributed by atoms with Gasteiger partial charge in [0.1, 0.15) is 12.3 Å². The fourth-order valence-corrected chi connectivity index (χ4v) is 4.76. The fourth-order valence-electron chi connectivity index (χ4n) is 4.76. The van der Waals surface area contributed by atoms with Gasteiger partial charge in [0.25, 0.3) is 11.6 Å². The molecule has 41 heavy (non-hydrogen) atoms. The summed E-state index contributed by atoms with van der Waals surface area (Å²) in [6.07, 6.45) is 4.16. The zero-order valence-corrected chi connectivity index (χ0v) is 23.5. The number of nitrogens with one attached hydrogen (secondary N) is 1. The standard InChI is InChI=1S/C32H36N4O5/c1-3-5-18-35(32(38)25-9-8-10-27(20-25)36(39)40)23-31(37)34(22-24-13-15-28(16-14-24)41-4-2)19-17-26-21-33-30-12-7-6-11-29(26)30/h6-16,20-21,33H,3-5,17-19,22-23H2,1-2H3. The van der Waals surface area contributed by atoms with Crippen LogP contribution in [0.4, 0.5) is 5.69 Å². The number of para-hydroxylation sites is 1. The summed E-state index contributed by atoms with van der Waals surface area (Å²) in [6.45, 7) is 5.60. The monoisotopic (exact) mass is 556 g/mol. The van der Waals surface area contributed by atoms with E-state index in [-0.39, 0.29) is 23.7 Å². The van der Waals surface area contributed by atoms with Crippen molar-refractivity contribution < 1.29 is 19.2 Å². The van der Waals surface area contributed by atoms with Gasteiger partial charge in [0, 0.05) is 54.4 Å². The quantitative estimate of drug-likeness (QED) is 0.152. The number of unbranched alkanes of at least 4 members (excludes halogenated alkanes) is 1. The van der Waals surface area contributed by atoms with Gasteiger partial charge in [-0.15, -0.1) is 0 Å². The number of carbonyl (C=O) groups is 2. The molecule has 4 aromatic rings. The van der Waals surface area contributed by atoms with Gasteiger partial charge in [-0.3, -0.25) is 19.7 Å². The lowest BCUT2D eigenvalue weighted by Crippen LogP contribution is -2.43. The van der Waals surface area contributed by atoms with Crippen molar-refractivity contribution in [3.63, 3.8) is 0 Å². The molecular formula is C32H36N4O5. The lowest BCUT2D eigenvalue weighted by Gasteiger charge is -2.28. The first-order valence-corrected chi connectivity index (χ1v) is 14.0. The Kier molecular flexibility index (Phi) is 10.1. The molecule has 0 unspecified atom stereocenters. The van der Waals surface area contributed by atoms with Crippen molar-refractivity contribution in [2.45, 2.75) is 39.7 Å². The van der Waals surface area contributed by atoms with Crippen LogP contribution in [0.5, 0.6) is 5.75 Å². The molecule has 0 saturated heterocycles. The molecule has 0 aliphatic rings. The normalized spacial score (nSPS) is 10.9. The lowest BCUT2D eigenvalue weighted by atomic mass is 10.1. The van der Waals surface area contributed by atoms with Crippen LogP contribution in [-0.2, 0) is 17.8 Å². The van der Waals surface area contributed by atoms with Crippen LogP contribution in [0.3, 0.4) is 0 Å². The number of carbonyl (C=O) groups excluding carboxylic acids is 2. The van der Waals surface area contributed by atoms with Crippen LogP contribution in [0, 0.1) is 10.1 Å². The van der Waals surface area contributed by atoms with Gasteiger partial charge in [0.15, 0.2) is 0 Å². The highest BCUT2D eigenvalue weighted by atomic mass is 16.6. The van der Waals surface area contributed by atoms with Crippen molar-refractivity contribution in [1.82, 2.24) is 14.8 Å². The van der Waals surface area contributed by atoms with Gasteiger partial charge in [0.2, 0.25) is 5.91 Å². The molecular weight excluding hydrogens is 520 g/mol. The van der Waals surface area contributed by atoms with E-state index < -0.39 is 10.8 Å². The third-order valence-corrected chi connectivity index (χ3v) is 6.99. The second-order valence-electron chi connectivity index (χ2n) is 9.89. The smallest absolute Gasteiger partial charge is 0.270 e. The van der Waals surface area contributed by atoms with E-state index in [9.17, 15) is 19.7 Å². The maximum absolute atomic E-state index is 13.8. The summed E-state index contributed by atoms with van der Waals surface area (Å²) in [7, 11) is 0. The predicted octanol–water partition coefficient (Wildman–Crippen LogP) is 5.99. The first-order valence-electron chi connectivity index (χ1n) is 14.0. The lowest BCUT2D eigenvalue weighted by molar-refractivity contribution is -0.384. The van der Waals surface area contributed by atoms with Crippen LogP contribution < -0.4 is 4.74 Å². The van der Waals surface area contributed by atoms with Crippen LogP contribution in [0.15, 0.2) is 79.0 Å². The Labute approximate surface area is 239 Å². The molecule has 9 nitrogen and oxygen atoms in total. The number of hydrogen-bond donors (Lipinski definition) is 1. The Balaban J connectivity index is 1.56. The summed E-state index contributed by atoms with van der Waals surface area (Å²) in [5.74, 6) is 0.183. The average molecular weight is 557 g/mol. The average Bonchev–Trinajstić information content (AvgIpc) is 3.41. The molecule has 2 amide bonds. The molecule has 4 rings (SSSR count). The van der Waals surface area contributed by atoms with E-state index in [1.54, 1.807) is 11.0 Å². The van der Waals surface area contributed by atoms with Crippen molar-refractivity contribution in [3.8, 4) is 5.75 Å². The first-order chi connectivity index (χ1) is 19.9. The Morgan fingerprint density at radius 1 is 0.951 bits per heavy atom. The number of nitro benzene ring substituents is 1. The predicted molar refractivity (Wildman–Crippen MR) is 159 cm³/mol. The molecule has 0 bridgehead atoms. The first kappa shape index (κ1) is 29.3. The number of amides is 2. The highest BCUT2D eigenvalue weighted by Crippen LogP contribution is 2.20. The molecule has 214 valence electrons. The van der Waals surface area contributed by atoms with Gasteiger partial charge in [-0.05, 0) is 55.2 Å². The van der Waals surface area contributed by atoms with Crippen molar-refractivity contribution in [1.29, 1.82) is 0 Å². The number of nitrogens with zero attached hydrogens (tertiary/aromatic N) is 3. The maximum Gasteiger partial charge on any atom is 0.270 e. The SMILES string of the molecule is CCCCN(CC(=O)N(CCc1c[nH]c2ccccc12)Cc1ccc(OCC)cc1)C(=O)c1cccc([N+](=O)[O-])c1. The molecule has 0 saturated carbocycles. The second kappa shape index (κ2) is 14.1. The second-order valence-corrected chi connectivity index (χ2v) is 9.89. The molecule has 1 N–H and O–H groups in total. The third-order valence-electron chi connectivity index (χ3n) is 6.99. The van der Waals surface area contributed by atoms with Gasteiger partial charge >= 0.3 is 0 Å². The van der Waals surface area contributed by atoms with Crippen molar-refractivity contribution >= 4 is 28.4 Å². The topological polar surface area (TPSA) is 109 Å². The zero-order valence-electron chi connectivity index (χ0n) is 23.5. The van der Waals surface area contributed by atoms with E-state index in [0.29, 0.717) is 39.1 Å². The molecule has 0 radical (unpaired) electrons. The highest BCUT2D eigenvalue weighted by Gasteiger charge is 2.24. The van der Waals surface area contributed by atoms with Crippen molar-refractivity contribution in [2.75, 3.05) is 26.2 Å². The fraction of sp³-hybridized carbons (Fsp3) is 0.312. The molecule has 0 aliphatic heterocycles. The number of rotatable bonds is 14. The number of aromatic nitrogens is 1. The van der Waals surface area contributed by atoms with Crippen LogP contribution in [0.25, 0.3) is 10.9 Å². The minimum atomic E-state index is -0.526. The summed E-state index contributed by atoms with van der Waals surface area (Å²) in [5.41, 5.74) is 3.14. The van der Waals surface area contributed by atoms with Crippen LogP contribution >= 0.6 is 0 Å². The molecule has 1 heterocycles. The Morgan fingerprint density at radius 2 is 1.73 bits per heavy atom. The summed E-state index contributed by atoms with van der Waals surface area (Å²) < 4.78 is 5.56. The molecule has 9 heteroatoms. The molecule has 0 fully saturated rings. The molecule has 0 aliphatic carbocycles. The van der Waals surface area contributed by atoms with Gasteiger partial charge < -0.3 is 19.5 Å². The molecule has 1 aromatic heterocycles. The van der Waals surface area contributed by atoms with Crippen LogP contribution in [-0.4, -0.2) is 57.8 Å². The number of H-pyrrole nitrogens is 1. The van der Waals surface area contributed by atoms with E-state index >= 15 is 0 Å². The number of benzene rings is 3. The van der Waals surface area contributed by atoms with Crippen LogP contribution in [0.1, 0.15) is 48.2 Å². The summed E-state index contributed by atoms with van der Waals surface area (Å²) in [5, 5.41) is 12.4. The van der Waals surface area contributed by atoms with Crippen molar-refractivity contribution in [3.05, 3.63) is 106 Å². The van der Waals surface area contributed by atoms with Gasteiger partial charge in [-0.25, -0.2) is 0 Å². The zero-order chi connectivity index (χ0) is 29.2. The minimum Gasteiger partial charge on any atom is -0.494 e. The molecule has 3 aromatic carbocycles. The number of hydrogen-bond acceptors (Lipinski definition) is 5. The van der Waals surface area contributed by atoms with Crippen molar-refractivity contribution in [2.24, 2.45) is 0 Å². The number of ether oxygens (including phenoxy) is 1. The van der Waals surface area contributed by atoms with E-state index in [4.69, 9.17) is 4.74 Å². The van der Waals surface area contributed by atoms with E-state index in [0.717, 1.165) is 34.2 Å². The Morgan fingerprint density at radius 3 is 2.46 bits per heavy atom. The van der Waals surface area contributed by atoms with Gasteiger partial charge in [-0.1, -0.05) is 49.7 Å². The highest BCUT2D eigenvalue weighted by molar-refractivity contribution is 5.97.